The van der Waals surface area contributed by atoms with Crippen LogP contribution in [-0.4, -0.2) is 5.91 Å². The molecule has 0 radical (unpaired) electrons. The Balaban J connectivity index is 2.04. The molecule has 0 atom stereocenters. The number of benzene rings is 1. The molecule has 2 aromatic rings. The van der Waals surface area contributed by atoms with E-state index in [9.17, 15) is 9.18 Å². The number of anilines is 1. The number of nitrogen functional groups attached to an aromatic ring is 1. The fraction of sp³-hybridized carbons (Fsp3) is 0.154. The molecule has 0 saturated heterocycles. The third-order valence-corrected chi connectivity index (χ3v) is 3.57. The highest BCUT2D eigenvalue weighted by atomic mass is 32.1. The molecule has 0 aliphatic heterocycles. The Labute approximate surface area is 108 Å². The number of nitrogens with two attached hydrogens (primary N) is 1. The maximum Gasteiger partial charge on any atom is 0.251 e. The maximum absolute atomic E-state index is 13.2. The average molecular weight is 264 g/mol. The van der Waals surface area contributed by atoms with Crippen molar-refractivity contribution in [2.45, 2.75) is 13.5 Å². The van der Waals surface area contributed by atoms with Gasteiger partial charge in [-0.3, -0.25) is 4.79 Å². The Bertz CT molecular complexity index is 580. The molecule has 0 unspecified atom stereocenters. The van der Waals surface area contributed by atoms with Crippen molar-refractivity contribution in [2.75, 3.05) is 5.73 Å². The summed E-state index contributed by atoms with van der Waals surface area (Å²) in [6.45, 7) is 2.43. The predicted molar refractivity (Wildman–Crippen MR) is 71.0 cm³/mol. The lowest BCUT2D eigenvalue weighted by atomic mass is 10.1. The number of carbonyl (C=O) groups is 1. The van der Waals surface area contributed by atoms with Gasteiger partial charge in [0.2, 0.25) is 0 Å². The molecule has 2 rings (SSSR count). The van der Waals surface area contributed by atoms with Gasteiger partial charge in [0.05, 0.1) is 5.69 Å². The van der Waals surface area contributed by atoms with Crippen molar-refractivity contribution in [3.05, 3.63) is 51.5 Å². The van der Waals surface area contributed by atoms with Crippen LogP contribution in [0.2, 0.25) is 0 Å². The molecular weight excluding hydrogens is 251 g/mol. The molecular formula is C13H13FN2OS. The first-order valence-corrected chi connectivity index (χ1v) is 6.37. The number of thiophene rings is 1. The second kappa shape index (κ2) is 5.18. The van der Waals surface area contributed by atoms with E-state index in [1.54, 1.807) is 11.3 Å². The van der Waals surface area contributed by atoms with Gasteiger partial charge in [-0.15, -0.1) is 0 Å². The zero-order valence-electron chi connectivity index (χ0n) is 9.87. The van der Waals surface area contributed by atoms with Crippen LogP contribution in [0.3, 0.4) is 0 Å². The second-order valence-electron chi connectivity index (χ2n) is 4.00. The van der Waals surface area contributed by atoms with Crippen LogP contribution in [-0.2, 0) is 6.54 Å². The summed E-state index contributed by atoms with van der Waals surface area (Å²) < 4.78 is 13.2. The first kappa shape index (κ1) is 12.6. The van der Waals surface area contributed by atoms with Gasteiger partial charge in [-0.1, -0.05) is 0 Å². The number of hydrogen-bond donors (Lipinski definition) is 2. The number of hydrogen-bond acceptors (Lipinski definition) is 3. The SMILES string of the molecule is Cc1cscc1CNC(=O)c1ccc(N)c(F)c1. The van der Waals surface area contributed by atoms with Gasteiger partial charge in [0.15, 0.2) is 0 Å². The minimum Gasteiger partial charge on any atom is -0.396 e. The number of aryl methyl sites for hydroxylation is 1. The van der Waals surface area contributed by atoms with Crippen LogP contribution in [0.15, 0.2) is 29.0 Å². The number of rotatable bonds is 3. The molecule has 5 heteroatoms. The smallest absolute Gasteiger partial charge is 0.251 e. The van der Waals surface area contributed by atoms with E-state index in [1.165, 1.54) is 12.1 Å². The predicted octanol–water partition coefficient (Wildman–Crippen LogP) is 2.71. The van der Waals surface area contributed by atoms with Crippen molar-refractivity contribution in [1.82, 2.24) is 5.32 Å². The molecule has 1 aromatic carbocycles. The quantitative estimate of drug-likeness (QED) is 0.837. The zero-order valence-corrected chi connectivity index (χ0v) is 10.7. The average Bonchev–Trinajstić information content (AvgIpc) is 2.75. The lowest BCUT2D eigenvalue weighted by Gasteiger charge is -2.06. The molecule has 18 heavy (non-hydrogen) atoms. The third kappa shape index (κ3) is 2.68. The Morgan fingerprint density at radius 2 is 2.22 bits per heavy atom. The molecule has 0 aliphatic rings. The standard InChI is InChI=1S/C13H13FN2OS/c1-8-6-18-7-10(8)5-16-13(17)9-2-3-12(15)11(14)4-9/h2-4,6-7H,5,15H2,1H3,(H,16,17). The summed E-state index contributed by atoms with van der Waals surface area (Å²) >= 11 is 1.59. The molecule has 94 valence electrons. The fourth-order valence-electron chi connectivity index (χ4n) is 1.51. The Kier molecular flexibility index (Phi) is 3.62. The number of nitrogens with one attached hydrogen (secondary N) is 1. The number of carbonyl (C=O) groups excluding carboxylic acids is 1. The van der Waals surface area contributed by atoms with E-state index in [2.05, 4.69) is 5.32 Å². The van der Waals surface area contributed by atoms with E-state index in [0.717, 1.165) is 17.2 Å². The van der Waals surface area contributed by atoms with Crippen LogP contribution in [0.4, 0.5) is 10.1 Å². The monoisotopic (exact) mass is 264 g/mol. The molecule has 1 aromatic heterocycles. The first-order valence-electron chi connectivity index (χ1n) is 5.43. The minimum atomic E-state index is -0.575. The van der Waals surface area contributed by atoms with Crippen molar-refractivity contribution >= 4 is 22.9 Å². The fourth-order valence-corrected chi connectivity index (χ4v) is 2.37. The van der Waals surface area contributed by atoms with Crippen LogP contribution in [0, 0.1) is 12.7 Å². The third-order valence-electron chi connectivity index (χ3n) is 2.66. The Morgan fingerprint density at radius 3 is 2.83 bits per heavy atom. The van der Waals surface area contributed by atoms with Crippen LogP contribution in [0.1, 0.15) is 21.5 Å². The van der Waals surface area contributed by atoms with Crippen LogP contribution in [0.25, 0.3) is 0 Å². The highest BCUT2D eigenvalue weighted by Gasteiger charge is 2.09. The molecule has 0 spiro atoms. The van der Waals surface area contributed by atoms with Gasteiger partial charge in [0.1, 0.15) is 5.82 Å². The van der Waals surface area contributed by atoms with Crippen LogP contribution in [0.5, 0.6) is 0 Å². The van der Waals surface area contributed by atoms with Crippen molar-refractivity contribution in [3.8, 4) is 0 Å². The number of amides is 1. The van der Waals surface area contributed by atoms with E-state index >= 15 is 0 Å². The molecule has 3 nitrogen and oxygen atoms in total. The van der Waals surface area contributed by atoms with Gasteiger partial charge in [-0.25, -0.2) is 4.39 Å². The lowest BCUT2D eigenvalue weighted by Crippen LogP contribution is -2.23. The summed E-state index contributed by atoms with van der Waals surface area (Å²) in [5.74, 6) is -0.881. The summed E-state index contributed by atoms with van der Waals surface area (Å²) in [6, 6.07) is 4.04. The summed E-state index contributed by atoms with van der Waals surface area (Å²) in [6.07, 6.45) is 0. The van der Waals surface area contributed by atoms with E-state index in [0.29, 0.717) is 6.54 Å². The number of halogens is 1. The Hall–Kier alpha value is -1.88. The zero-order chi connectivity index (χ0) is 13.1. The molecule has 0 saturated carbocycles. The topological polar surface area (TPSA) is 55.1 Å². The normalized spacial score (nSPS) is 10.3. The molecule has 3 N–H and O–H groups in total. The molecule has 1 heterocycles. The Morgan fingerprint density at radius 1 is 1.44 bits per heavy atom. The molecule has 1 amide bonds. The minimum absolute atomic E-state index is 0.0419. The van der Waals surface area contributed by atoms with Crippen LogP contribution >= 0.6 is 11.3 Å². The largest absolute Gasteiger partial charge is 0.396 e. The second-order valence-corrected chi connectivity index (χ2v) is 4.74. The van der Waals surface area contributed by atoms with Gasteiger partial charge in [0.25, 0.3) is 5.91 Å². The van der Waals surface area contributed by atoms with Gasteiger partial charge in [0, 0.05) is 12.1 Å². The summed E-state index contributed by atoms with van der Waals surface area (Å²) in [5, 5.41) is 6.75. The van der Waals surface area contributed by atoms with E-state index in [-0.39, 0.29) is 17.2 Å². The van der Waals surface area contributed by atoms with Crippen LogP contribution < -0.4 is 11.1 Å². The van der Waals surface area contributed by atoms with Crippen molar-refractivity contribution in [2.24, 2.45) is 0 Å². The van der Waals surface area contributed by atoms with Gasteiger partial charge < -0.3 is 11.1 Å². The van der Waals surface area contributed by atoms with Gasteiger partial charge in [-0.05, 0) is 47.0 Å². The molecule has 0 bridgehead atoms. The first-order chi connectivity index (χ1) is 8.58. The van der Waals surface area contributed by atoms with E-state index in [1.807, 2.05) is 17.7 Å². The van der Waals surface area contributed by atoms with E-state index < -0.39 is 5.82 Å². The summed E-state index contributed by atoms with van der Waals surface area (Å²) in [4.78, 5) is 11.8. The highest BCUT2D eigenvalue weighted by molar-refractivity contribution is 7.08. The lowest BCUT2D eigenvalue weighted by molar-refractivity contribution is 0.0950. The van der Waals surface area contributed by atoms with E-state index in [4.69, 9.17) is 5.73 Å². The van der Waals surface area contributed by atoms with Crippen molar-refractivity contribution in [1.29, 1.82) is 0 Å². The summed E-state index contributed by atoms with van der Waals surface area (Å²) in [7, 11) is 0. The molecule has 0 aliphatic carbocycles. The van der Waals surface area contributed by atoms with Gasteiger partial charge >= 0.3 is 0 Å². The van der Waals surface area contributed by atoms with Gasteiger partial charge in [-0.2, -0.15) is 11.3 Å². The maximum atomic E-state index is 13.2. The highest BCUT2D eigenvalue weighted by Crippen LogP contribution is 2.14. The molecule has 0 fully saturated rings. The van der Waals surface area contributed by atoms with Crippen molar-refractivity contribution < 1.29 is 9.18 Å². The summed E-state index contributed by atoms with van der Waals surface area (Å²) in [5.41, 5.74) is 7.88. The van der Waals surface area contributed by atoms with Crippen molar-refractivity contribution in [3.63, 3.8) is 0 Å².